The van der Waals surface area contributed by atoms with E-state index in [-0.39, 0.29) is 5.69 Å². The van der Waals surface area contributed by atoms with E-state index in [1.807, 2.05) is 6.07 Å². The van der Waals surface area contributed by atoms with Crippen LogP contribution in [0.5, 0.6) is 0 Å². The molecule has 0 fully saturated rings. The van der Waals surface area contributed by atoms with Crippen LogP contribution < -0.4 is 5.32 Å². The number of ether oxygens (including phenoxy) is 1. The van der Waals surface area contributed by atoms with Gasteiger partial charge in [-0.25, -0.2) is 0 Å². The first-order valence-electron chi connectivity index (χ1n) is 6.06. The molecule has 1 heterocycles. The van der Waals surface area contributed by atoms with Crippen molar-refractivity contribution in [3.8, 4) is 6.07 Å². The summed E-state index contributed by atoms with van der Waals surface area (Å²) in [6.45, 7) is 1.14. The fourth-order valence-corrected chi connectivity index (χ4v) is 3.37. The fraction of sp³-hybridized carbons (Fsp3) is 0.250. The first kappa shape index (κ1) is 16.2. The van der Waals surface area contributed by atoms with Gasteiger partial charge in [0.15, 0.2) is 4.34 Å². The van der Waals surface area contributed by atoms with Gasteiger partial charge in [-0.3, -0.25) is 10.1 Å². The summed E-state index contributed by atoms with van der Waals surface area (Å²) >= 11 is 2.39. The topological polar surface area (TPSA) is 114 Å². The molecule has 0 amide bonds. The maximum atomic E-state index is 11.0. The molecule has 0 aliphatic heterocycles. The molecule has 0 saturated carbocycles. The molecule has 0 spiro atoms. The maximum Gasteiger partial charge on any atom is 0.283 e. The van der Waals surface area contributed by atoms with Crippen molar-refractivity contribution in [2.45, 2.75) is 9.24 Å². The summed E-state index contributed by atoms with van der Waals surface area (Å²) in [5, 5.41) is 31.5. The summed E-state index contributed by atoms with van der Waals surface area (Å²) in [7, 11) is 1.60. The minimum Gasteiger partial charge on any atom is -0.383 e. The molecule has 1 aromatic heterocycles. The Kier molecular flexibility index (Phi) is 5.65. The van der Waals surface area contributed by atoms with Crippen LogP contribution in [0.15, 0.2) is 27.4 Å². The quantitative estimate of drug-likeness (QED) is 0.466. The summed E-state index contributed by atoms with van der Waals surface area (Å²) < 4.78 is 5.47. The third-order valence-corrected chi connectivity index (χ3v) is 4.45. The van der Waals surface area contributed by atoms with Crippen molar-refractivity contribution in [3.63, 3.8) is 0 Å². The Bertz CT molecular complexity index is 713. The smallest absolute Gasteiger partial charge is 0.283 e. The van der Waals surface area contributed by atoms with Crippen molar-refractivity contribution < 1.29 is 9.66 Å². The van der Waals surface area contributed by atoms with Gasteiger partial charge in [0, 0.05) is 19.7 Å². The lowest BCUT2D eigenvalue weighted by atomic mass is 10.2. The number of nitrogens with zero attached hydrogens (tertiary/aromatic N) is 4. The van der Waals surface area contributed by atoms with Gasteiger partial charge in [0.2, 0.25) is 5.13 Å². The van der Waals surface area contributed by atoms with Crippen molar-refractivity contribution in [3.05, 3.63) is 33.9 Å². The van der Waals surface area contributed by atoms with Crippen LogP contribution in [0, 0.1) is 21.4 Å². The van der Waals surface area contributed by atoms with Crippen molar-refractivity contribution in [2.75, 3.05) is 25.6 Å². The summed E-state index contributed by atoms with van der Waals surface area (Å²) in [6, 6.07) is 6.17. The zero-order valence-corrected chi connectivity index (χ0v) is 13.1. The molecule has 0 atom stereocenters. The lowest BCUT2D eigenvalue weighted by Crippen LogP contribution is -2.06. The highest BCUT2D eigenvalue weighted by Crippen LogP contribution is 2.37. The predicted molar refractivity (Wildman–Crippen MR) is 82.2 cm³/mol. The van der Waals surface area contributed by atoms with Crippen molar-refractivity contribution in [1.29, 1.82) is 5.26 Å². The Morgan fingerprint density at radius 3 is 3.05 bits per heavy atom. The Morgan fingerprint density at radius 2 is 2.36 bits per heavy atom. The van der Waals surface area contributed by atoms with Gasteiger partial charge in [-0.2, -0.15) is 5.26 Å². The van der Waals surface area contributed by atoms with E-state index in [1.54, 1.807) is 7.11 Å². The highest BCUT2D eigenvalue weighted by molar-refractivity contribution is 8.01. The highest BCUT2D eigenvalue weighted by atomic mass is 32.2. The second kappa shape index (κ2) is 7.69. The number of nitrogens with one attached hydrogen (secondary N) is 1. The van der Waals surface area contributed by atoms with E-state index in [1.165, 1.54) is 29.5 Å². The molecular weight excluding hydrogens is 326 g/mol. The number of aromatic nitrogens is 2. The largest absolute Gasteiger partial charge is 0.383 e. The second-order valence-electron chi connectivity index (χ2n) is 3.95. The van der Waals surface area contributed by atoms with E-state index in [9.17, 15) is 10.1 Å². The van der Waals surface area contributed by atoms with Gasteiger partial charge < -0.3 is 10.1 Å². The van der Waals surface area contributed by atoms with Crippen LogP contribution in [-0.2, 0) is 4.74 Å². The zero-order valence-electron chi connectivity index (χ0n) is 11.5. The molecule has 0 saturated heterocycles. The third kappa shape index (κ3) is 4.14. The molecular formula is C12H11N5O3S2. The van der Waals surface area contributed by atoms with Crippen LogP contribution in [0.3, 0.4) is 0 Å². The number of methoxy groups -OCH3 is 1. The molecule has 0 unspecified atom stereocenters. The molecule has 22 heavy (non-hydrogen) atoms. The Morgan fingerprint density at radius 1 is 1.55 bits per heavy atom. The summed E-state index contributed by atoms with van der Waals surface area (Å²) in [5.41, 5.74) is 0.296. The third-order valence-electron chi connectivity index (χ3n) is 2.47. The van der Waals surface area contributed by atoms with Crippen molar-refractivity contribution in [2.24, 2.45) is 0 Å². The van der Waals surface area contributed by atoms with E-state index in [2.05, 4.69) is 15.5 Å². The van der Waals surface area contributed by atoms with E-state index in [0.717, 1.165) is 11.8 Å². The lowest BCUT2D eigenvalue weighted by Gasteiger charge is -2.00. The first-order valence-corrected chi connectivity index (χ1v) is 7.70. The number of hydrogen-bond acceptors (Lipinski definition) is 9. The minimum absolute atomic E-state index is 0.0620. The van der Waals surface area contributed by atoms with Crippen LogP contribution in [0.25, 0.3) is 0 Å². The number of benzene rings is 1. The number of nitriles is 1. The molecule has 10 heteroatoms. The van der Waals surface area contributed by atoms with Crippen LogP contribution in [0.4, 0.5) is 10.8 Å². The summed E-state index contributed by atoms with van der Waals surface area (Å²) in [6.07, 6.45) is 0. The maximum absolute atomic E-state index is 11.0. The summed E-state index contributed by atoms with van der Waals surface area (Å²) in [4.78, 5) is 10.9. The van der Waals surface area contributed by atoms with Gasteiger partial charge >= 0.3 is 0 Å². The number of anilines is 1. The predicted octanol–water partition coefficient (Wildman–Crippen LogP) is 2.53. The van der Waals surface area contributed by atoms with Crippen molar-refractivity contribution in [1.82, 2.24) is 10.2 Å². The van der Waals surface area contributed by atoms with E-state index in [4.69, 9.17) is 10.00 Å². The van der Waals surface area contributed by atoms with Crippen LogP contribution in [0.2, 0.25) is 0 Å². The molecule has 2 aromatic rings. The van der Waals surface area contributed by atoms with Crippen molar-refractivity contribution >= 4 is 33.9 Å². The highest BCUT2D eigenvalue weighted by Gasteiger charge is 2.17. The second-order valence-corrected chi connectivity index (χ2v) is 6.21. The van der Waals surface area contributed by atoms with Gasteiger partial charge in [-0.1, -0.05) is 11.3 Å². The number of rotatable bonds is 7. The zero-order chi connectivity index (χ0) is 15.9. The SMILES string of the molecule is COCCNc1nnc(Sc2cc(C#N)ccc2[N+](=O)[O-])s1. The van der Waals surface area contributed by atoms with Crippen LogP contribution in [0.1, 0.15) is 5.56 Å². The van der Waals surface area contributed by atoms with E-state index >= 15 is 0 Å². The Hall–Kier alpha value is -2.22. The number of hydrogen-bond donors (Lipinski definition) is 1. The average molecular weight is 337 g/mol. The molecule has 0 radical (unpaired) electrons. The van der Waals surface area contributed by atoms with Gasteiger partial charge in [0.05, 0.1) is 28.1 Å². The fourth-order valence-electron chi connectivity index (χ4n) is 1.49. The average Bonchev–Trinajstić information content (AvgIpc) is 2.94. The first-order chi connectivity index (χ1) is 10.6. The van der Waals surface area contributed by atoms with Gasteiger partial charge in [0.25, 0.3) is 5.69 Å². The van der Waals surface area contributed by atoms with Gasteiger partial charge in [-0.05, 0) is 23.9 Å². The minimum atomic E-state index is -0.484. The van der Waals surface area contributed by atoms with Gasteiger partial charge in [0.1, 0.15) is 0 Å². The molecule has 114 valence electrons. The van der Waals surface area contributed by atoms with E-state index in [0.29, 0.717) is 33.1 Å². The van der Waals surface area contributed by atoms with Crippen LogP contribution >= 0.6 is 23.1 Å². The summed E-state index contributed by atoms with van der Waals surface area (Å²) in [5.74, 6) is 0. The molecule has 0 aliphatic carbocycles. The standard InChI is InChI=1S/C12H11N5O3S2/c1-20-5-4-14-11-15-16-12(22-11)21-10-6-8(7-13)2-3-9(10)17(18)19/h2-3,6H,4-5H2,1H3,(H,14,15). The molecule has 1 N–H and O–H groups in total. The molecule has 0 aliphatic rings. The normalized spacial score (nSPS) is 10.2. The lowest BCUT2D eigenvalue weighted by molar-refractivity contribution is -0.387. The monoisotopic (exact) mass is 337 g/mol. The van der Waals surface area contributed by atoms with Crippen LogP contribution in [-0.4, -0.2) is 35.4 Å². The Labute approximate surface area is 134 Å². The molecule has 0 bridgehead atoms. The van der Waals surface area contributed by atoms with Gasteiger partial charge in [-0.15, -0.1) is 10.2 Å². The number of nitro benzene ring substituents is 1. The molecule has 1 aromatic carbocycles. The van der Waals surface area contributed by atoms with E-state index < -0.39 is 4.92 Å². The number of nitro groups is 1. The Balaban J connectivity index is 2.16. The molecule has 8 nitrogen and oxygen atoms in total. The molecule has 2 rings (SSSR count).